The summed E-state index contributed by atoms with van der Waals surface area (Å²) in [6.45, 7) is 5.30. The molecule has 0 bridgehead atoms. The maximum Gasteiger partial charge on any atom is 0.287 e. The lowest BCUT2D eigenvalue weighted by Crippen LogP contribution is -2.30. The predicted molar refractivity (Wildman–Crippen MR) is 138 cm³/mol. The van der Waals surface area contributed by atoms with Gasteiger partial charge in [0.15, 0.2) is 16.9 Å². The highest BCUT2D eigenvalue weighted by Crippen LogP contribution is 2.33. The zero-order valence-corrected chi connectivity index (χ0v) is 21.5. The number of carbonyl (C=O) groups is 1. The molecule has 0 spiro atoms. The average molecular weight is 527 g/mol. The Kier molecular flexibility index (Phi) is 6.88. The van der Waals surface area contributed by atoms with Crippen molar-refractivity contribution in [1.82, 2.24) is 9.71 Å². The van der Waals surface area contributed by atoms with Crippen molar-refractivity contribution in [2.24, 2.45) is 0 Å². The van der Waals surface area contributed by atoms with Gasteiger partial charge in [-0.2, -0.15) is 0 Å². The van der Waals surface area contributed by atoms with Crippen molar-refractivity contribution < 1.29 is 22.4 Å². The van der Waals surface area contributed by atoms with E-state index in [1.165, 1.54) is 12.1 Å². The van der Waals surface area contributed by atoms with Gasteiger partial charge in [-0.3, -0.25) is 9.59 Å². The summed E-state index contributed by atoms with van der Waals surface area (Å²) in [7, 11) is -3.84. The maximum absolute atomic E-state index is 13.3. The number of carbonyl (C=O) groups excluding carboxylic acids is 1. The Morgan fingerprint density at radius 1 is 1.11 bits per heavy atom. The Hall–Kier alpha value is -3.69. The Morgan fingerprint density at radius 2 is 1.81 bits per heavy atom. The first kappa shape index (κ1) is 25.4. The molecular weight excluding hydrogens is 504 g/mol. The summed E-state index contributed by atoms with van der Waals surface area (Å²) in [5.74, 6) is -0.517. The minimum atomic E-state index is -3.84. The fraction of sp³-hybridized carbons (Fsp3) is 0.192. The number of fused-ring (bicyclic) bond motifs is 1. The summed E-state index contributed by atoms with van der Waals surface area (Å²) < 4.78 is 37.4. The van der Waals surface area contributed by atoms with Gasteiger partial charge in [0.25, 0.3) is 5.91 Å². The van der Waals surface area contributed by atoms with Crippen LogP contribution in [0.5, 0.6) is 5.75 Å². The number of aryl methyl sites for hydroxylation is 1. The second-order valence-corrected chi connectivity index (χ2v) is 10.6. The van der Waals surface area contributed by atoms with E-state index in [1.807, 2.05) is 48.0 Å². The van der Waals surface area contributed by atoms with E-state index in [0.29, 0.717) is 27.9 Å². The molecule has 8 nitrogen and oxygen atoms in total. The number of nitrogens with zero attached hydrogens (tertiary/aromatic N) is 1. The van der Waals surface area contributed by atoms with Crippen LogP contribution in [0.15, 0.2) is 63.8 Å². The van der Waals surface area contributed by atoms with Gasteiger partial charge in [-0.05, 0) is 50.6 Å². The summed E-state index contributed by atoms with van der Waals surface area (Å²) in [5.41, 5.74) is 2.54. The average Bonchev–Trinajstić information content (AvgIpc) is 2.81. The lowest BCUT2D eigenvalue weighted by Gasteiger charge is -2.19. The van der Waals surface area contributed by atoms with E-state index in [0.717, 1.165) is 17.4 Å². The number of hydrogen-bond acceptors (Lipinski definition) is 7. The molecule has 36 heavy (non-hydrogen) atoms. The van der Waals surface area contributed by atoms with E-state index < -0.39 is 22.0 Å². The van der Waals surface area contributed by atoms with E-state index in [-0.39, 0.29) is 22.0 Å². The van der Waals surface area contributed by atoms with E-state index in [2.05, 4.69) is 4.98 Å². The number of benzene rings is 2. The second-order valence-electron chi connectivity index (χ2n) is 8.43. The molecule has 1 amide bonds. The SMILES string of the molecule is Cc1cc([C@@H](C)Oc2ccc(Cl)nc2C(=O)NS(C)(=O)=O)c2oc(-c3ccccc3)c(C)c(=O)c2c1. The number of hydrogen-bond donors (Lipinski definition) is 1. The van der Waals surface area contributed by atoms with Crippen LogP contribution >= 0.6 is 11.6 Å². The zero-order chi connectivity index (χ0) is 26.2. The van der Waals surface area contributed by atoms with Crippen LogP contribution in [0.1, 0.15) is 40.2 Å². The number of ether oxygens (including phenoxy) is 1. The molecule has 4 aromatic rings. The van der Waals surface area contributed by atoms with Crippen LogP contribution in [-0.4, -0.2) is 25.6 Å². The van der Waals surface area contributed by atoms with Crippen molar-refractivity contribution >= 4 is 38.5 Å². The molecule has 0 radical (unpaired) electrons. The molecule has 4 rings (SSSR count). The maximum atomic E-state index is 13.3. The largest absolute Gasteiger partial charge is 0.483 e. The van der Waals surface area contributed by atoms with Gasteiger partial charge in [-0.15, -0.1) is 0 Å². The Bertz CT molecular complexity index is 1650. The topological polar surface area (TPSA) is 116 Å². The second kappa shape index (κ2) is 9.75. The highest BCUT2D eigenvalue weighted by molar-refractivity contribution is 7.89. The zero-order valence-electron chi connectivity index (χ0n) is 20.0. The van der Waals surface area contributed by atoms with Gasteiger partial charge >= 0.3 is 0 Å². The molecule has 0 aliphatic carbocycles. The molecule has 1 N–H and O–H groups in total. The third-order valence-electron chi connectivity index (χ3n) is 5.49. The first-order valence-corrected chi connectivity index (χ1v) is 13.2. The number of amides is 1. The molecule has 0 aliphatic rings. The lowest BCUT2D eigenvalue weighted by atomic mass is 10.00. The van der Waals surface area contributed by atoms with Gasteiger partial charge in [0, 0.05) is 16.7 Å². The lowest BCUT2D eigenvalue weighted by molar-refractivity contribution is 0.0969. The standard InChI is InChI=1S/C26H23ClN2O6S/c1-14-12-18(16(3)34-20-10-11-21(27)28-22(20)26(31)29-36(4,32)33)25-19(13-14)23(30)15(2)24(35-25)17-8-6-5-7-9-17/h5-13,16H,1-4H3,(H,29,31)/t16-/m1/s1. The third kappa shape index (κ3) is 5.27. The molecule has 10 heteroatoms. The minimum absolute atomic E-state index is 0.0105. The Morgan fingerprint density at radius 3 is 2.47 bits per heavy atom. The molecule has 0 saturated heterocycles. The van der Waals surface area contributed by atoms with Crippen molar-refractivity contribution in [1.29, 1.82) is 0 Å². The van der Waals surface area contributed by atoms with E-state index in [1.54, 1.807) is 19.9 Å². The van der Waals surface area contributed by atoms with Gasteiger partial charge in [-0.1, -0.05) is 41.9 Å². The molecule has 0 aliphatic heterocycles. The van der Waals surface area contributed by atoms with Crippen molar-refractivity contribution in [3.8, 4) is 17.1 Å². The highest BCUT2D eigenvalue weighted by Gasteiger charge is 2.23. The van der Waals surface area contributed by atoms with Crippen LogP contribution in [0.3, 0.4) is 0 Å². The van der Waals surface area contributed by atoms with Crippen LogP contribution in [0, 0.1) is 13.8 Å². The van der Waals surface area contributed by atoms with Crippen molar-refractivity contribution in [3.05, 3.63) is 92.4 Å². The third-order valence-corrected chi connectivity index (χ3v) is 6.25. The Labute approximate surface area is 212 Å². The molecule has 2 aromatic heterocycles. The first-order valence-electron chi connectivity index (χ1n) is 10.9. The van der Waals surface area contributed by atoms with Gasteiger partial charge < -0.3 is 9.15 Å². The number of halogens is 1. The molecule has 1 atom stereocenters. The fourth-order valence-corrected chi connectivity index (χ4v) is 4.47. The fourth-order valence-electron chi connectivity index (χ4n) is 3.89. The predicted octanol–water partition coefficient (Wildman–Crippen LogP) is 4.95. The number of pyridine rings is 1. The first-order chi connectivity index (χ1) is 16.9. The molecule has 2 aromatic carbocycles. The van der Waals surface area contributed by atoms with E-state index in [9.17, 15) is 18.0 Å². The van der Waals surface area contributed by atoms with Gasteiger partial charge in [0.1, 0.15) is 22.6 Å². The molecule has 186 valence electrons. The molecule has 0 saturated carbocycles. The molecule has 0 unspecified atom stereocenters. The normalized spacial score (nSPS) is 12.4. The summed E-state index contributed by atoms with van der Waals surface area (Å²) in [6.07, 6.45) is 0.140. The quantitative estimate of drug-likeness (QED) is 0.353. The van der Waals surface area contributed by atoms with Crippen molar-refractivity contribution in [2.75, 3.05) is 6.26 Å². The summed E-state index contributed by atoms with van der Waals surface area (Å²) >= 11 is 5.95. The number of nitrogens with one attached hydrogen (secondary N) is 1. The highest BCUT2D eigenvalue weighted by atomic mass is 35.5. The van der Waals surface area contributed by atoms with Crippen LogP contribution in [-0.2, 0) is 10.0 Å². The number of sulfonamides is 1. The van der Waals surface area contributed by atoms with Gasteiger partial charge in [-0.25, -0.2) is 18.1 Å². The number of rotatable bonds is 6. The van der Waals surface area contributed by atoms with E-state index >= 15 is 0 Å². The summed E-state index contributed by atoms with van der Waals surface area (Å²) in [5, 5.41) is 0.394. The minimum Gasteiger partial charge on any atom is -0.483 e. The molecule has 0 fully saturated rings. The monoisotopic (exact) mass is 526 g/mol. The molecule has 2 heterocycles. The smallest absolute Gasteiger partial charge is 0.287 e. The summed E-state index contributed by atoms with van der Waals surface area (Å²) in [4.78, 5) is 29.8. The van der Waals surface area contributed by atoms with Crippen molar-refractivity contribution in [3.63, 3.8) is 0 Å². The number of aromatic nitrogens is 1. The van der Waals surface area contributed by atoms with Crippen molar-refractivity contribution in [2.45, 2.75) is 26.9 Å². The van der Waals surface area contributed by atoms with Crippen LogP contribution in [0.25, 0.3) is 22.3 Å². The summed E-state index contributed by atoms with van der Waals surface area (Å²) in [6, 6.07) is 15.7. The van der Waals surface area contributed by atoms with E-state index in [4.69, 9.17) is 20.8 Å². The van der Waals surface area contributed by atoms with Gasteiger partial charge in [0.05, 0.1) is 11.6 Å². The van der Waals surface area contributed by atoms with Gasteiger partial charge in [0.2, 0.25) is 10.0 Å². The molecular formula is C26H23ClN2O6S. The Balaban J connectivity index is 1.83. The van der Waals surface area contributed by atoms with Crippen LogP contribution < -0.4 is 14.9 Å². The van der Waals surface area contributed by atoms with Crippen LogP contribution in [0.2, 0.25) is 5.15 Å². The van der Waals surface area contributed by atoms with Crippen LogP contribution in [0.4, 0.5) is 0 Å².